The highest BCUT2D eigenvalue weighted by molar-refractivity contribution is 5.92. The summed E-state index contributed by atoms with van der Waals surface area (Å²) in [6.07, 6.45) is -4.15. The van der Waals surface area contributed by atoms with E-state index in [2.05, 4.69) is 15.0 Å². The Bertz CT molecular complexity index is 2030. The molecule has 1 saturated heterocycles. The van der Waals surface area contributed by atoms with Crippen molar-refractivity contribution < 1.29 is 54.5 Å². The van der Waals surface area contributed by atoms with Gasteiger partial charge in [0.05, 0.1) is 41.1 Å². The number of ether oxygens (including phenoxy) is 2. The molecule has 0 unspecified atom stereocenters. The number of hydrogen-bond donors (Lipinski definition) is 1. The summed E-state index contributed by atoms with van der Waals surface area (Å²) in [5.41, 5.74) is -2.67. The molecule has 6 rings (SSSR count). The van der Waals surface area contributed by atoms with Crippen molar-refractivity contribution in [3.8, 4) is 17.3 Å². The first-order valence-corrected chi connectivity index (χ1v) is 13.8. The Labute approximate surface area is 259 Å². The van der Waals surface area contributed by atoms with Crippen LogP contribution in [0.1, 0.15) is 39.3 Å². The van der Waals surface area contributed by atoms with E-state index in [0.717, 1.165) is 24.3 Å². The molecular weight excluding hydrogens is 644 g/mol. The second-order valence-corrected chi connectivity index (χ2v) is 10.6. The predicted octanol–water partition coefficient (Wildman–Crippen LogP) is 6.86. The normalized spacial score (nSPS) is 14.8. The van der Waals surface area contributed by atoms with E-state index in [0.29, 0.717) is 25.3 Å². The van der Waals surface area contributed by atoms with E-state index in [9.17, 15) is 36.2 Å². The van der Waals surface area contributed by atoms with Crippen LogP contribution < -0.4 is 4.74 Å². The number of alkyl halides is 3. The molecule has 16 heteroatoms. The van der Waals surface area contributed by atoms with Gasteiger partial charge in [-0.1, -0.05) is 6.07 Å². The summed E-state index contributed by atoms with van der Waals surface area (Å²) in [5, 5.41) is 9.39. The molecule has 1 fully saturated rings. The summed E-state index contributed by atoms with van der Waals surface area (Å²) in [6, 6.07) is 5.26. The number of hydrogen-bond acceptors (Lipinski definition) is 6. The van der Waals surface area contributed by atoms with Crippen molar-refractivity contribution >= 4 is 17.0 Å². The summed E-state index contributed by atoms with van der Waals surface area (Å²) in [5.74, 6) is -7.93. The van der Waals surface area contributed by atoms with Gasteiger partial charge in [-0.3, -0.25) is 0 Å². The molecule has 0 spiro atoms. The van der Waals surface area contributed by atoms with Crippen LogP contribution in [0, 0.1) is 29.1 Å². The lowest BCUT2D eigenvalue weighted by atomic mass is 10.1. The van der Waals surface area contributed by atoms with Crippen LogP contribution in [0.3, 0.4) is 0 Å². The first-order valence-electron chi connectivity index (χ1n) is 13.8. The third-order valence-corrected chi connectivity index (χ3v) is 7.50. The molecule has 3 aromatic carbocycles. The lowest BCUT2D eigenvalue weighted by molar-refractivity contribution is -0.137. The number of fused-ring (bicyclic) bond motifs is 1. The molecule has 3 heterocycles. The highest BCUT2D eigenvalue weighted by atomic mass is 19.4. The number of carbonyl (C=O) groups is 1. The Morgan fingerprint density at radius 1 is 0.936 bits per heavy atom. The van der Waals surface area contributed by atoms with Crippen LogP contribution in [0.2, 0.25) is 0 Å². The molecule has 0 saturated carbocycles. The summed E-state index contributed by atoms with van der Waals surface area (Å²) in [4.78, 5) is 23.2. The number of nitrogens with zero attached hydrogens (tertiary/aromatic N) is 4. The third-order valence-electron chi connectivity index (χ3n) is 7.50. The summed E-state index contributed by atoms with van der Waals surface area (Å²) >= 11 is 0. The Morgan fingerprint density at radius 2 is 1.68 bits per heavy atom. The van der Waals surface area contributed by atoms with E-state index < -0.39 is 70.7 Å². The van der Waals surface area contributed by atoms with Crippen molar-refractivity contribution in [1.82, 2.24) is 19.5 Å². The van der Waals surface area contributed by atoms with Gasteiger partial charge in [-0.2, -0.15) is 22.5 Å². The van der Waals surface area contributed by atoms with Gasteiger partial charge in [0.1, 0.15) is 35.4 Å². The van der Waals surface area contributed by atoms with E-state index >= 15 is 8.78 Å². The Hall–Kier alpha value is -5.12. The Morgan fingerprint density at radius 3 is 2.34 bits per heavy atom. The SMILES string of the molecule is O=C(O)c1cc(F)c2nc(Cc3cc(F)c(-c4ncc(F)c(OCc5ccc(C(F)(F)F)cc5F)n4)cc3F)n(C[C@@H]3CCO3)c2c1. The van der Waals surface area contributed by atoms with Crippen LogP contribution in [0.15, 0.2) is 48.7 Å². The van der Waals surface area contributed by atoms with Crippen LogP contribution in [-0.4, -0.2) is 43.3 Å². The minimum absolute atomic E-state index is 0.104. The zero-order valence-electron chi connectivity index (χ0n) is 23.7. The van der Waals surface area contributed by atoms with Gasteiger partial charge in [0.25, 0.3) is 5.88 Å². The first-order chi connectivity index (χ1) is 22.3. The molecule has 0 aliphatic carbocycles. The second kappa shape index (κ2) is 12.2. The van der Waals surface area contributed by atoms with E-state index in [4.69, 9.17) is 9.47 Å². The van der Waals surface area contributed by atoms with Gasteiger partial charge in [-0.05, 0) is 48.4 Å². The Kier molecular flexibility index (Phi) is 8.29. The molecule has 0 radical (unpaired) electrons. The van der Waals surface area contributed by atoms with Crippen LogP contribution in [0.5, 0.6) is 5.88 Å². The fraction of sp³-hybridized carbons (Fsp3) is 0.226. The van der Waals surface area contributed by atoms with Gasteiger partial charge in [0.2, 0.25) is 5.82 Å². The van der Waals surface area contributed by atoms with Crippen molar-refractivity contribution in [3.63, 3.8) is 0 Å². The average Bonchev–Trinajstić information content (AvgIpc) is 3.33. The number of aromatic nitrogens is 4. The predicted molar refractivity (Wildman–Crippen MR) is 147 cm³/mol. The molecule has 0 amide bonds. The fourth-order valence-corrected chi connectivity index (χ4v) is 4.96. The summed E-state index contributed by atoms with van der Waals surface area (Å²) in [6.45, 7) is -0.0967. The quantitative estimate of drug-likeness (QED) is 0.172. The average molecular weight is 665 g/mol. The van der Waals surface area contributed by atoms with Crippen molar-refractivity contribution in [2.45, 2.75) is 38.3 Å². The monoisotopic (exact) mass is 664 g/mol. The second-order valence-electron chi connectivity index (χ2n) is 10.6. The molecule has 2 aromatic heterocycles. The van der Waals surface area contributed by atoms with Gasteiger partial charge in [-0.25, -0.2) is 32.3 Å². The standard InChI is InChI=1S/C31H20F8N4O4/c32-20-9-17(31(37,38)39)2-1-14(20)13-47-29-24(36)11-40-28(42-29)19-10-21(33)15(5-22(19)34)8-26-41-27-23(35)6-16(30(44)45)7-25(27)43(26)12-18-3-4-46-18/h1-2,5-7,9-11,18H,3-4,8,12-13H2,(H,44,45)/t18-/m0/s1. The Balaban J connectivity index is 1.28. The maximum atomic E-state index is 15.4. The summed E-state index contributed by atoms with van der Waals surface area (Å²) in [7, 11) is 0. The van der Waals surface area contributed by atoms with E-state index in [-0.39, 0.29) is 58.7 Å². The molecule has 1 aliphatic heterocycles. The number of carboxylic acids is 1. The van der Waals surface area contributed by atoms with Crippen molar-refractivity contribution in [3.05, 3.63) is 106 Å². The zero-order valence-corrected chi connectivity index (χ0v) is 23.7. The van der Waals surface area contributed by atoms with Crippen LogP contribution in [-0.2, 0) is 30.5 Å². The maximum absolute atomic E-state index is 15.4. The van der Waals surface area contributed by atoms with Crippen LogP contribution in [0.25, 0.3) is 22.4 Å². The number of rotatable bonds is 9. The van der Waals surface area contributed by atoms with Gasteiger partial charge in [0.15, 0.2) is 11.6 Å². The molecule has 47 heavy (non-hydrogen) atoms. The van der Waals surface area contributed by atoms with E-state index in [1.807, 2.05) is 0 Å². The number of aromatic carboxylic acids is 1. The van der Waals surface area contributed by atoms with Crippen molar-refractivity contribution in [1.29, 1.82) is 0 Å². The molecule has 1 atom stereocenters. The fourth-order valence-electron chi connectivity index (χ4n) is 4.96. The third kappa shape index (κ3) is 6.45. The first kappa shape index (κ1) is 31.8. The van der Waals surface area contributed by atoms with Gasteiger partial charge in [-0.15, -0.1) is 0 Å². The molecule has 1 N–H and O–H groups in total. The largest absolute Gasteiger partial charge is 0.478 e. The van der Waals surface area contributed by atoms with Gasteiger partial charge < -0.3 is 19.1 Å². The smallest absolute Gasteiger partial charge is 0.416 e. The number of carboxylic acid groups (broad SMARTS) is 1. The minimum atomic E-state index is -4.79. The van der Waals surface area contributed by atoms with E-state index in [1.54, 1.807) is 0 Å². The van der Waals surface area contributed by atoms with Crippen molar-refractivity contribution in [2.75, 3.05) is 6.61 Å². The molecule has 5 aromatic rings. The molecule has 8 nitrogen and oxygen atoms in total. The summed E-state index contributed by atoms with van der Waals surface area (Å²) < 4.78 is 125. The molecule has 244 valence electrons. The molecule has 1 aliphatic rings. The highest BCUT2D eigenvalue weighted by Gasteiger charge is 2.31. The molecule has 0 bridgehead atoms. The number of benzene rings is 3. The maximum Gasteiger partial charge on any atom is 0.416 e. The van der Waals surface area contributed by atoms with Crippen LogP contribution in [0.4, 0.5) is 35.1 Å². The van der Waals surface area contributed by atoms with E-state index in [1.165, 1.54) is 10.6 Å². The lowest BCUT2D eigenvalue weighted by Crippen LogP contribution is -2.31. The van der Waals surface area contributed by atoms with Crippen LogP contribution >= 0.6 is 0 Å². The minimum Gasteiger partial charge on any atom is -0.478 e. The number of imidazole rings is 1. The highest BCUT2D eigenvalue weighted by Crippen LogP contribution is 2.32. The van der Waals surface area contributed by atoms with Gasteiger partial charge in [0, 0.05) is 18.6 Å². The zero-order chi connectivity index (χ0) is 33.6. The lowest BCUT2D eigenvalue weighted by Gasteiger charge is -2.27. The molecular formula is C31H20F8N4O4. The number of halogens is 8. The van der Waals surface area contributed by atoms with Gasteiger partial charge >= 0.3 is 12.1 Å². The van der Waals surface area contributed by atoms with Crippen molar-refractivity contribution in [2.24, 2.45) is 0 Å². The topological polar surface area (TPSA) is 99.4 Å².